The minimum Gasteiger partial charge on any atom is -0.368 e. The van der Waals surface area contributed by atoms with Crippen LogP contribution in [0, 0.1) is 6.92 Å². The van der Waals surface area contributed by atoms with E-state index in [1.807, 2.05) is 0 Å². The molecule has 4 N–H and O–H groups in total. The van der Waals surface area contributed by atoms with E-state index < -0.39 is 30.8 Å². The van der Waals surface area contributed by atoms with Crippen molar-refractivity contribution in [1.29, 1.82) is 0 Å². The van der Waals surface area contributed by atoms with Gasteiger partial charge in [0.25, 0.3) is 0 Å². The molecule has 0 saturated carbocycles. The molecule has 132 valence electrons. The highest BCUT2D eigenvalue weighted by Gasteiger charge is 2.17. The number of rotatable bonds is 9. The highest BCUT2D eigenvalue weighted by atomic mass is 35.5. The Hall–Kier alpha value is -2.35. The van der Waals surface area contributed by atoms with E-state index >= 15 is 0 Å². The van der Waals surface area contributed by atoms with Crippen LogP contribution >= 0.6 is 11.6 Å². The van der Waals surface area contributed by atoms with E-state index in [0.717, 1.165) is 17.7 Å². The second-order valence-electron chi connectivity index (χ2n) is 5.33. The number of aryl methyl sites for hydroxylation is 2. The van der Waals surface area contributed by atoms with E-state index in [2.05, 4.69) is 12.0 Å². The summed E-state index contributed by atoms with van der Waals surface area (Å²) < 4.78 is 1.68. The molecular weight excluding hydrogens is 334 g/mol. The first-order valence-corrected chi connectivity index (χ1v) is 7.90. The zero-order valence-corrected chi connectivity index (χ0v) is 14.5. The van der Waals surface area contributed by atoms with Gasteiger partial charge in [-0.15, -0.1) is 0 Å². The third kappa shape index (κ3) is 5.69. The summed E-state index contributed by atoms with van der Waals surface area (Å²) in [6, 6.07) is 0. The average Bonchev–Trinajstić information content (AvgIpc) is 2.75. The van der Waals surface area contributed by atoms with Gasteiger partial charge in [0.05, 0.1) is 5.69 Å². The molecule has 0 bridgehead atoms. The van der Waals surface area contributed by atoms with Crippen LogP contribution in [0.2, 0.25) is 5.15 Å². The van der Waals surface area contributed by atoms with Crippen molar-refractivity contribution >= 4 is 35.4 Å². The molecule has 1 heterocycles. The second kappa shape index (κ2) is 9.07. The Morgan fingerprint density at radius 2 is 1.83 bits per heavy atom. The van der Waals surface area contributed by atoms with Crippen molar-refractivity contribution < 1.29 is 14.4 Å². The summed E-state index contributed by atoms with van der Waals surface area (Å²) in [5, 5.41) is 4.76. The highest BCUT2D eigenvalue weighted by Crippen LogP contribution is 2.21. The second-order valence-corrected chi connectivity index (χ2v) is 5.68. The molecule has 0 unspecified atom stereocenters. The molecule has 8 nitrogen and oxygen atoms in total. The van der Waals surface area contributed by atoms with E-state index in [1.165, 1.54) is 12.2 Å². The van der Waals surface area contributed by atoms with Crippen LogP contribution in [0.15, 0.2) is 6.08 Å². The maximum absolute atomic E-state index is 12.1. The molecule has 0 aliphatic carbocycles. The fraction of sp³-hybridized carbons (Fsp3) is 0.467. The summed E-state index contributed by atoms with van der Waals surface area (Å²) >= 11 is 6.27. The Bertz CT molecular complexity index is 638. The first kappa shape index (κ1) is 19.7. The number of nitrogens with two attached hydrogens (primary N) is 2. The molecule has 0 spiro atoms. The van der Waals surface area contributed by atoms with E-state index in [1.54, 1.807) is 11.6 Å². The van der Waals surface area contributed by atoms with Gasteiger partial charge in [0.1, 0.15) is 18.2 Å². The summed E-state index contributed by atoms with van der Waals surface area (Å²) in [6.45, 7) is 3.75. The fourth-order valence-corrected chi connectivity index (χ4v) is 2.38. The number of primary amides is 2. The largest absolute Gasteiger partial charge is 0.368 e. The Balaban J connectivity index is 2.93. The number of carbonyl (C=O) groups excluding carboxylic acids is 3. The molecular formula is C15H22ClN5O3. The predicted molar refractivity (Wildman–Crippen MR) is 90.9 cm³/mol. The minimum atomic E-state index is -0.736. The van der Waals surface area contributed by atoms with Crippen molar-refractivity contribution in [2.75, 3.05) is 13.1 Å². The van der Waals surface area contributed by atoms with Crippen molar-refractivity contribution in [3.63, 3.8) is 0 Å². The SMILES string of the molecule is CCCCn1nc(C)c(/C=C/C(=O)N(CC(N)=O)CC(N)=O)c1Cl. The Morgan fingerprint density at radius 1 is 1.25 bits per heavy atom. The molecule has 0 aromatic carbocycles. The van der Waals surface area contributed by atoms with Crippen LogP contribution < -0.4 is 11.5 Å². The van der Waals surface area contributed by atoms with Crippen LogP contribution in [0.1, 0.15) is 31.0 Å². The monoisotopic (exact) mass is 355 g/mol. The smallest absolute Gasteiger partial charge is 0.247 e. The normalized spacial score (nSPS) is 11.0. The van der Waals surface area contributed by atoms with Crippen LogP contribution in [0.5, 0.6) is 0 Å². The number of halogens is 1. The van der Waals surface area contributed by atoms with Crippen molar-refractivity contribution in [3.8, 4) is 0 Å². The van der Waals surface area contributed by atoms with Gasteiger partial charge < -0.3 is 16.4 Å². The number of nitrogens with zero attached hydrogens (tertiary/aromatic N) is 3. The number of carbonyl (C=O) groups is 3. The Labute approximate surface area is 145 Å². The number of aromatic nitrogens is 2. The van der Waals surface area contributed by atoms with Gasteiger partial charge in [0.2, 0.25) is 17.7 Å². The number of hydrogen-bond donors (Lipinski definition) is 2. The molecule has 9 heteroatoms. The summed E-state index contributed by atoms with van der Waals surface area (Å²) in [5.41, 5.74) is 11.4. The van der Waals surface area contributed by atoms with E-state index in [0.29, 0.717) is 23.0 Å². The lowest BCUT2D eigenvalue weighted by Crippen LogP contribution is -2.42. The summed E-state index contributed by atoms with van der Waals surface area (Å²) in [6.07, 6.45) is 4.67. The molecule has 1 rings (SSSR count). The van der Waals surface area contributed by atoms with Crippen molar-refractivity contribution in [2.24, 2.45) is 11.5 Å². The number of hydrogen-bond acceptors (Lipinski definition) is 4. The molecule has 0 aliphatic rings. The van der Waals surface area contributed by atoms with Gasteiger partial charge in [0, 0.05) is 18.2 Å². The van der Waals surface area contributed by atoms with Crippen LogP contribution in [0.4, 0.5) is 0 Å². The van der Waals surface area contributed by atoms with Crippen LogP contribution in [-0.4, -0.2) is 45.5 Å². The van der Waals surface area contributed by atoms with Gasteiger partial charge in [-0.05, 0) is 19.4 Å². The summed E-state index contributed by atoms with van der Waals surface area (Å²) in [5.74, 6) is -2.04. The first-order chi connectivity index (χ1) is 11.3. The van der Waals surface area contributed by atoms with Gasteiger partial charge >= 0.3 is 0 Å². The average molecular weight is 356 g/mol. The molecule has 0 atom stereocenters. The predicted octanol–water partition coefficient (Wildman–Crippen LogP) is 0.457. The molecule has 0 radical (unpaired) electrons. The Morgan fingerprint density at radius 3 is 2.33 bits per heavy atom. The quantitative estimate of drug-likeness (QED) is 0.624. The highest BCUT2D eigenvalue weighted by molar-refractivity contribution is 6.31. The van der Waals surface area contributed by atoms with E-state index in [-0.39, 0.29) is 0 Å². The van der Waals surface area contributed by atoms with Gasteiger partial charge in [0.15, 0.2) is 0 Å². The topological polar surface area (TPSA) is 124 Å². The van der Waals surface area contributed by atoms with Gasteiger partial charge in [-0.3, -0.25) is 19.1 Å². The molecule has 0 fully saturated rings. The van der Waals surface area contributed by atoms with Gasteiger partial charge in [-0.25, -0.2) is 0 Å². The van der Waals surface area contributed by atoms with Crippen LogP contribution in [0.3, 0.4) is 0 Å². The first-order valence-electron chi connectivity index (χ1n) is 7.52. The van der Waals surface area contributed by atoms with Crippen LogP contribution in [0.25, 0.3) is 6.08 Å². The molecule has 0 saturated heterocycles. The molecule has 1 aromatic rings. The van der Waals surface area contributed by atoms with Crippen molar-refractivity contribution in [1.82, 2.24) is 14.7 Å². The molecule has 24 heavy (non-hydrogen) atoms. The minimum absolute atomic E-state index is 0.394. The summed E-state index contributed by atoms with van der Waals surface area (Å²) in [4.78, 5) is 35.1. The maximum atomic E-state index is 12.1. The Kier molecular flexibility index (Phi) is 7.44. The third-order valence-corrected chi connectivity index (χ3v) is 3.63. The van der Waals surface area contributed by atoms with E-state index in [4.69, 9.17) is 23.1 Å². The van der Waals surface area contributed by atoms with Crippen LogP contribution in [-0.2, 0) is 20.9 Å². The van der Waals surface area contributed by atoms with Gasteiger partial charge in [-0.2, -0.15) is 5.10 Å². The fourth-order valence-electron chi connectivity index (χ4n) is 2.06. The number of amides is 3. The lowest BCUT2D eigenvalue weighted by atomic mass is 10.2. The molecule has 0 aliphatic heterocycles. The zero-order valence-electron chi connectivity index (χ0n) is 13.8. The number of unbranched alkanes of at least 4 members (excludes halogenated alkanes) is 1. The molecule has 1 aromatic heterocycles. The summed E-state index contributed by atoms with van der Waals surface area (Å²) in [7, 11) is 0. The van der Waals surface area contributed by atoms with Gasteiger partial charge in [-0.1, -0.05) is 24.9 Å². The lowest BCUT2D eigenvalue weighted by Gasteiger charge is -2.17. The van der Waals surface area contributed by atoms with Crippen molar-refractivity contribution in [3.05, 3.63) is 22.5 Å². The molecule has 3 amide bonds. The van der Waals surface area contributed by atoms with E-state index in [9.17, 15) is 14.4 Å². The van der Waals surface area contributed by atoms with Crippen molar-refractivity contribution in [2.45, 2.75) is 33.2 Å². The standard InChI is InChI=1S/C15H22ClN5O3/c1-3-4-7-21-15(16)11(10(2)19-21)5-6-14(24)20(8-12(17)22)9-13(18)23/h5-6H,3-4,7-9H2,1-2H3,(H2,17,22)(H2,18,23)/b6-5+. The maximum Gasteiger partial charge on any atom is 0.247 e. The third-order valence-electron chi connectivity index (χ3n) is 3.23. The zero-order chi connectivity index (χ0) is 18.3. The lowest BCUT2D eigenvalue weighted by molar-refractivity contribution is -0.134.